The Morgan fingerprint density at radius 1 is 1.42 bits per heavy atom. The van der Waals surface area contributed by atoms with Gasteiger partial charge in [0.15, 0.2) is 0 Å². The van der Waals surface area contributed by atoms with E-state index in [1.54, 1.807) is 12.3 Å². The number of nitrogens with one attached hydrogen (secondary N) is 1. The summed E-state index contributed by atoms with van der Waals surface area (Å²) < 4.78 is 0. The summed E-state index contributed by atoms with van der Waals surface area (Å²) in [6.45, 7) is 3.15. The van der Waals surface area contributed by atoms with Gasteiger partial charge in [0.05, 0.1) is 5.56 Å². The Morgan fingerprint density at radius 3 is 2.47 bits per heavy atom. The third kappa shape index (κ3) is 6.61. The molecule has 1 atom stereocenters. The number of pyridine rings is 1. The highest BCUT2D eigenvalue weighted by Gasteiger charge is 2.07. The van der Waals surface area contributed by atoms with Gasteiger partial charge in [-0.2, -0.15) is 0 Å². The summed E-state index contributed by atoms with van der Waals surface area (Å²) in [5.41, 5.74) is 6.05. The first kappa shape index (κ1) is 20.3. The third-order valence-electron chi connectivity index (χ3n) is 2.48. The second-order valence-corrected chi connectivity index (χ2v) is 4.35. The molecule has 0 aliphatic carbocycles. The number of rotatable bonds is 5. The van der Waals surface area contributed by atoms with Gasteiger partial charge in [0.1, 0.15) is 5.82 Å². The Bertz CT molecular complexity index is 370. The van der Waals surface area contributed by atoms with E-state index in [2.05, 4.69) is 10.3 Å². The quantitative estimate of drug-likeness (QED) is 0.860. The molecule has 0 saturated carbocycles. The number of aromatic nitrogens is 1. The topological polar surface area (TPSA) is 71.2 Å². The van der Waals surface area contributed by atoms with Gasteiger partial charge in [0.2, 0.25) is 0 Å². The van der Waals surface area contributed by atoms with Gasteiger partial charge in [-0.15, -0.1) is 24.8 Å². The van der Waals surface area contributed by atoms with Crippen molar-refractivity contribution in [3.63, 3.8) is 0 Å². The highest BCUT2D eigenvalue weighted by Crippen LogP contribution is 2.07. The minimum Gasteiger partial charge on any atom is -0.363 e. The molecule has 0 bridgehead atoms. The summed E-state index contributed by atoms with van der Waals surface area (Å²) >= 11 is 0. The molecule has 0 aliphatic rings. The van der Waals surface area contributed by atoms with Crippen molar-refractivity contribution in [3.8, 4) is 0 Å². The Labute approximate surface area is 126 Å². The molecule has 1 heterocycles. The standard InChI is InChI=1S/C12H20N4O.2ClH/c1-9(6-13)7-15-12(17)10-4-5-11(14-8-10)16(2)3;;/h4-5,8-9H,6-7,13H2,1-3H3,(H,15,17);2*1H. The second-order valence-electron chi connectivity index (χ2n) is 4.35. The van der Waals surface area contributed by atoms with Crippen LogP contribution in [0.4, 0.5) is 5.82 Å². The maximum absolute atomic E-state index is 11.7. The zero-order chi connectivity index (χ0) is 12.8. The molecule has 0 fully saturated rings. The average Bonchev–Trinajstić information content (AvgIpc) is 2.35. The number of amides is 1. The van der Waals surface area contributed by atoms with Crippen molar-refractivity contribution < 1.29 is 4.79 Å². The summed E-state index contributed by atoms with van der Waals surface area (Å²) in [5.74, 6) is 1.01. The first-order valence-electron chi connectivity index (χ1n) is 5.66. The molecule has 110 valence electrons. The SMILES string of the molecule is CC(CN)CNC(=O)c1ccc(N(C)C)nc1.Cl.Cl. The van der Waals surface area contributed by atoms with Gasteiger partial charge in [0.25, 0.3) is 5.91 Å². The smallest absolute Gasteiger partial charge is 0.252 e. The van der Waals surface area contributed by atoms with Gasteiger partial charge in [-0.3, -0.25) is 4.79 Å². The molecule has 1 amide bonds. The number of hydrogen-bond donors (Lipinski definition) is 2. The molecule has 0 spiro atoms. The van der Waals surface area contributed by atoms with Crippen molar-refractivity contribution in [2.24, 2.45) is 11.7 Å². The number of anilines is 1. The van der Waals surface area contributed by atoms with E-state index in [1.807, 2.05) is 32.0 Å². The van der Waals surface area contributed by atoms with E-state index < -0.39 is 0 Å². The molecule has 1 aromatic rings. The molecule has 7 heteroatoms. The van der Waals surface area contributed by atoms with E-state index in [-0.39, 0.29) is 36.6 Å². The maximum Gasteiger partial charge on any atom is 0.252 e. The largest absolute Gasteiger partial charge is 0.363 e. The number of carbonyl (C=O) groups excluding carboxylic acids is 1. The van der Waals surface area contributed by atoms with Gasteiger partial charge in [-0.25, -0.2) is 4.98 Å². The van der Waals surface area contributed by atoms with Crippen LogP contribution in [0.2, 0.25) is 0 Å². The molecule has 1 rings (SSSR count). The summed E-state index contributed by atoms with van der Waals surface area (Å²) in [5, 5.41) is 2.83. The van der Waals surface area contributed by atoms with Crippen LogP contribution in [0, 0.1) is 5.92 Å². The van der Waals surface area contributed by atoms with Gasteiger partial charge < -0.3 is 16.0 Å². The van der Waals surface area contributed by atoms with Crippen LogP contribution < -0.4 is 16.0 Å². The van der Waals surface area contributed by atoms with Crippen LogP contribution in [0.3, 0.4) is 0 Å². The third-order valence-corrected chi connectivity index (χ3v) is 2.48. The minimum atomic E-state index is -0.108. The normalized spacial score (nSPS) is 10.7. The first-order valence-corrected chi connectivity index (χ1v) is 5.66. The number of halogens is 2. The Morgan fingerprint density at radius 2 is 2.05 bits per heavy atom. The van der Waals surface area contributed by atoms with Crippen molar-refractivity contribution >= 4 is 36.5 Å². The Hall–Kier alpha value is -1.04. The second kappa shape index (κ2) is 9.83. The van der Waals surface area contributed by atoms with Gasteiger partial charge in [-0.1, -0.05) is 6.92 Å². The molecule has 0 aromatic carbocycles. The summed E-state index contributed by atoms with van der Waals surface area (Å²) in [6, 6.07) is 3.59. The maximum atomic E-state index is 11.7. The molecule has 1 unspecified atom stereocenters. The van der Waals surface area contributed by atoms with Crippen LogP contribution in [0.1, 0.15) is 17.3 Å². The number of carbonyl (C=O) groups is 1. The van der Waals surface area contributed by atoms with Crippen LogP contribution >= 0.6 is 24.8 Å². The highest BCUT2D eigenvalue weighted by atomic mass is 35.5. The van der Waals surface area contributed by atoms with Crippen LogP contribution in [0.5, 0.6) is 0 Å². The lowest BCUT2D eigenvalue weighted by Gasteiger charge is -2.12. The Kier molecular flexibility index (Phi) is 10.5. The molecular weight excluding hydrogens is 287 g/mol. The molecule has 5 nitrogen and oxygen atoms in total. The average molecular weight is 309 g/mol. The molecular formula is C12H22Cl2N4O. The monoisotopic (exact) mass is 308 g/mol. The van der Waals surface area contributed by atoms with Crippen molar-refractivity contribution in [2.45, 2.75) is 6.92 Å². The minimum absolute atomic E-state index is 0. The van der Waals surface area contributed by atoms with Crippen molar-refractivity contribution in [3.05, 3.63) is 23.9 Å². The fourth-order valence-electron chi connectivity index (χ4n) is 1.24. The summed E-state index contributed by atoms with van der Waals surface area (Å²) in [6.07, 6.45) is 1.58. The molecule has 19 heavy (non-hydrogen) atoms. The predicted molar refractivity (Wildman–Crippen MR) is 83.6 cm³/mol. The fraction of sp³-hybridized carbons (Fsp3) is 0.500. The summed E-state index contributed by atoms with van der Waals surface area (Å²) in [4.78, 5) is 17.8. The van der Waals surface area contributed by atoms with Crippen molar-refractivity contribution in [1.82, 2.24) is 10.3 Å². The fourth-order valence-corrected chi connectivity index (χ4v) is 1.24. The number of nitrogens with zero attached hydrogens (tertiary/aromatic N) is 2. The van der Waals surface area contributed by atoms with E-state index in [1.165, 1.54) is 0 Å². The van der Waals surface area contributed by atoms with Crippen molar-refractivity contribution in [2.75, 3.05) is 32.1 Å². The summed E-state index contributed by atoms with van der Waals surface area (Å²) in [7, 11) is 3.82. The van der Waals surface area contributed by atoms with E-state index >= 15 is 0 Å². The van der Waals surface area contributed by atoms with E-state index in [0.29, 0.717) is 18.7 Å². The van der Waals surface area contributed by atoms with E-state index in [0.717, 1.165) is 5.82 Å². The van der Waals surface area contributed by atoms with Crippen LogP contribution in [-0.4, -0.2) is 38.1 Å². The van der Waals surface area contributed by atoms with Gasteiger partial charge in [-0.05, 0) is 24.6 Å². The molecule has 1 aromatic heterocycles. The van der Waals surface area contributed by atoms with Crippen LogP contribution in [0.15, 0.2) is 18.3 Å². The van der Waals surface area contributed by atoms with Crippen LogP contribution in [0.25, 0.3) is 0 Å². The zero-order valence-corrected chi connectivity index (χ0v) is 13.1. The van der Waals surface area contributed by atoms with E-state index in [4.69, 9.17) is 5.73 Å². The van der Waals surface area contributed by atoms with Crippen molar-refractivity contribution in [1.29, 1.82) is 0 Å². The molecule has 0 saturated heterocycles. The first-order chi connectivity index (χ1) is 8.04. The van der Waals surface area contributed by atoms with E-state index in [9.17, 15) is 4.79 Å². The lowest BCUT2D eigenvalue weighted by molar-refractivity contribution is 0.0948. The zero-order valence-electron chi connectivity index (χ0n) is 11.4. The van der Waals surface area contributed by atoms with Gasteiger partial charge in [0, 0.05) is 26.8 Å². The van der Waals surface area contributed by atoms with Crippen LogP contribution in [-0.2, 0) is 0 Å². The Balaban J connectivity index is 0. The lowest BCUT2D eigenvalue weighted by Crippen LogP contribution is -2.31. The number of hydrogen-bond acceptors (Lipinski definition) is 4. The molecule has 0 aliphatic heterocycles. The molecule has 3 N–H and O–H groups in total. The number of nitrogens with two attached hydrogens (primary N) is 1. The lowest BCUT2D eigenvalue weighted by atomic mass is 10.2. The molecule has 0 radical (unpaired) electrons. The predicted octanol–water partition coefficient (Wildman–Crippen LogP) is 1.32. The highest BCUT2D eigenvalue weighted by molar-refractivity contribution is 5.94. The van der Waals surface area contributed by atoms with Gasteiger partial charge >= 0.3 is 0 Å².